The zero-order valence-electron chi connectivity index (χ0n) is 23.7. The van der Waals surface area contributed by atoms with Gasteiger partial charge in [0.2, 0.25) is 0 Å². The summed E-state index contributed by atoms with van der Waals surface area (Å²) in [6, 6.07) is 14.9. The van der Waals surface area contributed by atoms with E-state index in [4.69, 9.17) is 14.5 Å². The first-order valence-electron chi connectivity index (χ1n) is 13.2. The molecule has 5 rings (SSSR count). The summed E-state index contributed by atoms with van der Waals surface area (Å²) in [5.41, 5.74) is 5.10. The number of ether oxygens (including phenoxy) is 2. The van der Waals surface area contributed by atoms with Crippen LogP contribution < -0.4 is 14.8 Å². The van der Waals surface area contributed by atoms with Gasteiger partial charge in [0.25, 0.3) is 5.91 Å². The predicted octanol–water partition coefficient (Wildman–Crippen LogP) is 4.73. The molecule has 0 fully saturated rings. The maximum atomic E-state index is 11.8. The number of pyridine rings is 2. The van der Waals surface area contributed by atoms with E-state index in [9.17, 15) is 4.79 Å². The van der Waals surface area contributed by atoms with Crippen LogP contribution in [0.15, 0.2) is 67.1 Å². The number of hydrogen-bond acceptors (Lipinski definition) is 9. The molecule has 0 spiro atoms. The Morgan fingerprint density at radius 3 is 2.59 bits per heavy atom. The second-order valence-electron chi connectivity index (χ2n) is 10.1. The highest BCUT2D eigenvalue weighted by Crippen LogP contribution is 2.28. The predicted molar refractivity (Wildman–Crippen MR) is 156 cm³/mol. The molecule has 0 saturated carbocycles. The van der Waals surface area contributed by atoms with Gasteiger partial charge in [-0.2, -0.15) is 10.2 Å². The maximum absolute atomic E-state index is 11.8. The van der Waals surface area contributed by atoms with Crippen LogP contribution in [0.1, 0.15) is 31.0 Å². The summed E-state index contributed by atoms with van der Waals surface area (Å²) in [7, 11) is 5.24. The molecule has 0 saturated heterocycles. The number of likely N-dealkylation sites (N-methyl/N-ethyl adjacent to an activating group) is 1. The molecule has 0 aliphatic carbocycles. The Balaban J connectivity index is 1.33. The average Bonchev–Trinajstić information content (AvgIpc) is 3.35. The number of aryl methyl sites for hydroxylation is 1. The summed E-state index contributed by atoms with van der Waals surface area (Å²) in [4.78, 5) is 22.7. The van der Waals surface area contributed by atoms with E-state index in [1.54, 1.807) is 37.1 Å². The Labute approximate surface area is 238 Å². The molecule has 0 atom stereocenters. The van der Waals surface area contributed by atoms with Crippen molar-refractivity contribution >= 4 is 28.6 Å². The van der Waals surface area contributed by atoms with Crippen molar-refractivity contribution in [3.8, 4) is 22.6 Å². The van der Waals surface area contributed by atoms with Crippen LogP contribution in [-0.4, -0.2) is 61.5 Å². The fourth-order valence-corrected chi connectivity index (χ4v) is 4.08. The second-order valence-corrected chi connectivity index (χ2v) is 10.1. The van der Waals surface area contributed by atoms with E-state index in [0.717, 1.165) is 33.4 Å². The first-order chi connectivity index (χ1) is 19.7. The van der Waals surface area contributed by atoms with E-state index >= 15 is 0 Å². The third kappa shape index (κ3) is 6.75. The second kappa shape index (κ2) is 12.0. The number of nitrogens with zero attached hydrogens (tertiary/aromatic N) is 7. The quantitative estimate of drug-likeness (QED) is 0.262. The van der Waals surface area contributed by atoms with Crippen molar-refractivity contribution in [1.29, 1.82) is 0 Å². The van der Waals surface area contributed by atoms with Crippen LogP contribution in [0.2, 0.25) is 0 Å². The smallest absolute Gasteiger partial charge is 0.259 e. The van der Waals surface area contributed by atoms with Crippen LogP contribution in [-0.2, 0) is 18.4 Å². The fourth-order valence-electron chi connectivity index (χ4n) is 4.08. The molecule has 41 heavy (non-hydrogen) atoms. The number of fused-ring (bicyclic) bond motifs is 1. The number of aromatic nitrogens is 6. The molecule has 4 heterocycles. The van der Waals surface area contributed by atoms with Gasteiger partial charge in [0.05, 0.1) is 17.2 Å². The monoisotopic (exact) mass is 552 g/mol. The molecule has 0 aliphatic heterocycles. The number of amides is 1. The largest absolute Gasteiger partial charge is 0.487 e. The van der Waals surface area contributed by atoms with E-state index in [0.29, 0.717) is 29.1 Å². The summed E-state index contributed by atoms with van der Waals surface area (Å²) in [6.45, 7) is 4.41. The summed E-state index contributed by atoms with van der Waals surface area (Å²) < 4.78 is 13.4. The third-order valence-electron chi connectivity index (χ3n) is 6.39. The van der Waals surface area contributed by atoms with Crippen LogP contribution in [0.5, 0.6) is 11.5 Å². The highest BCUT2D eigenvalue weighted by molar-refractivity contribution is 5.82. The van der Waals surface area contributed by atoms with Gasteiger partial charge in [-0.3, -0.25) is 14.5 Å². The molecule has 11 nitrogen and oxygen atoms in total. The zero-order chi connectivity index (χ0) is 28.9. The van der Waals surface area contributed by atoms with Crippen LogP contribution in [0.4, 0.5) is 11.6 Å². The van der Waals surface area contributed by atoms with Gasteiger partial charge in [0.1, 0.15) is 29.6 Å². The molecule has 0 bridgehead atoms. The van der Waals surface area contributed by atoms with Gasteiger partial charge in [0.15, 0.2) is 12.4 Å². The van der Waals surface area contributed by atoms with Gasteiger partial charge in [-0.1, -0.05) is 19.9 Å². The van der Waals surface area contributed by atoms with Crippen molar-refractivity contribution in [3.05, 3.63) is 78.4 Å². The molecule has 0 aliphatic rings. The van der Waals surface area contributed by atoms with Crippen molar-refractivity contribution in [2.75, 3.05) is 26.0 Å². The van der Waals surface area contributed by atoms with E-state index < -0.39 is 0 Å². The minimum absolute atomic E-state index is 0.0428. The summed E-state index contributed by atoms with van der Waals surface area (Å²) in [5.74, 6) is 2.67. The highest BCUT2D eigenvalue weighted by atomic mass is 16.5. The Hall–Kier alpha value is -5.06. The van der Waals surface area contributed by atoms with Gasteiger partial charge in [-0.05, 0) is 47.9 Å². The SMILES string of the molecule is CC(C)c1cnnc(Nc2ccc3ncc(-c4cn(C)nc4COc4cccc(OCC(=O)N(C)C)c4)cc3n2)c1. The number of carbonyl (C=O) groups is 1. The fraction of sp³-hybridized carbons (Fsp3) is 0.267. The third-order valence-corrected chi connectivity index (χ3v) is 6.39. The average molecular weight is 553 g/mol. The molecule has 5 aromatic rings. The van der Waals surface area contributed by atoms with Gasteiger partial charge in [0, 0.05) is 50.7 Å². The summed E-state index contributed by atoms with van der Waals surface area (Å²) in [6.07, 6.45) is 5.52. The number of hydrogen-bond donors (Lipinski definition) is 1. The number of benzene rings is 1. The lowest BCUT2D eigenvalue weighted by Gasteiger charge is -2.12. The van der Waals surface area contributed by atoms with Gasteiger partial charge in [-0.25, -0.2) is 4.98 Å². The van der Waals surface area contributed by atoms with E-state index in [1.165, 1.54) is 4.90 Å². The molecule has 0 unspecified atom stereocenters. The number of anilines is 2. The van der Waals surface area contributed by atoms with Gasteiger partial charge < -0.3 is 19.7 Å². The van der Waals surface area contributed by atoms with E-state index in [1.807, 2.05) is 55.8 Å². The number of carbonyl (C=O) groups excluding carboxylic acids is 1. The molecule has 11 heteroatoms. The van der Waals surface area contributed by atoms with Crippen molar-refractivity contribution in [1.82, 2.24) is 34.8 Å². The Bertz CT molecular complexity index is 1680. The molecule has 0 radical (unpaired) electrons. The normalized spacial score (nSPS) is 11.1. The Kier molecular flexibility index (Phi) is 8.04. The lowest BCUT2D eigenvalue weighted by atomic mass is 10.1. The maximum Gasteiger partial charge on any atom is 0.259 e. The van der Waals surface area contributed by atoms with Crippen molar-refractivity contribution < 1.29 is 14.3 Å². The Morgan fingerprint density at radius 2 is 1.80 bits per heavy atom. The van der Waals surface area contributed by atoms with Crippen molar-refractivity contribution in [3.63, 3.8) is 0 Å². The van der Waals surface area contributed by atoms with E-state index in [2.05, 4.69) is 39.4 Å². The zero-order valence-corrected chi connectivity index (χ0v) is 23.7. The molecule has 210 valence electrons. The van der Waals surface area contributed by atoms with Crippen LogP contribution in [0.3, 0.4) is 0 Å². The van der Waals surface area contributed by atoms with E-state index in [-0.39, 0.29) is 19.1 Å². The van der Waals surface area contributed by atoms with Gasteiger partial charge in [-0.15, -0.1) is 5.10 Å². The molecule has 1 N–H and O–H groups in total. The van der Waals surface area contributed by atoms with Gasteiger partial charge >= 0.3 is 0 Å². The molecule has 1 amide bonds. The minimum Gasteiger partial charge on any atom is -0.487 e. The number of nitrogens with one attached hydrogen (secondary N) is 1. The first-order valence-corrected chi connectivity index (χ1v) is 13.2. The van der Waals surface area contributed by atoms with Crippen LogP contribution >= 0.6 is 0 Å². The standard InChI is InChI=1S/C30H32N8O3/c1-19(2)20-12-29(35-32-15-20)34-28-10-9-25-26(33-28)11-21(14-31-25)24-16-38(5)36-27(24)17-40-22-7-6-8-23(13-22)41-18-30(39)37(3)4/h6-16,19H,17-18H2,1-5H3,(H,33,34,35). The van der Waals surface area contributed by atoms with Crippen molar-refractivity contribution in [2.45, 2.75) is 26.4 Å². The highest BCUT2D eigenvalue weighted by Gasteiger charge is 2.14. The molecule has 1 aromatic carbocycles. The first kappa shape index (κ1) is 27.5. The van der Waals surface area contributed by atoms with Crippen LogP contribution in [0, 0.1) is 0 Å². The van der Waals surface area contributed by atoms with Crippen LogP contribution in [0.25, 0.3) is 22.2 Å². The summed E-state index contributed by atoms with van der Waals surface area (Å²) >= 11 is 0. The minimum atomic E-state index is -0.121. The summed E-state index contributed by atoms with van der Waals surface area (Å²) in [5, 5.41) is 16.1. The van der Waals surface area contributed by atoms with Crippen molar-refractivity contribution in [2.24, 2.45) is 7.05 Å². The molecular weight excluding hydrogens is 520 g/mol. The molecular formula is C30H32N8O3. The topological polar surface area (TPSA) is 120 Å². The Morgan fingerprint density at radius 1 is 1.00 bits per heavy atom. The molecule has 4 aromatic heterocycles. The lowest BCUT2D eigenvalue weighted by molar-refractivity contribution is -0.130. The lowest BCUT2D eigenvalue weighted by Crippen LogP contribution is -2.27. The number of rotatable bonds is 10.